The second kappa shape index (κ2) is 5.46. The van der Waals surface area contributed by atoms with E-state index in [0.29, 0.717) is 23.0 Å². The highest BCUT2D eigenvalue weighted by Crippen LogP contribution is 2.20. The van der Waals surface area contributed by atoms with E-state index in [1.165, 1.54) is 4.40 Å². The zero-order valence-corrected chi connectivity index (χ0v) is 11.7. The molecule has 0 aliphatic heterocycles. The third-order valence-electron chi connectivity index (χ3n) is 3.14. The van der Waals surface area contributed by atoms with Crippen LogP contribution in [0.4, 0.5) is 5.82 Å². The Hall–Kier alpha value is -2.53. The predicted molar refractivity (Wildman–Crippen MR) is 80.9 cm³/mol. The summed E-state index contributed by atoms with van der Waals surface area (Å²) >= 11 is 6.09. The molecule has 0 amide bonds. The highest BCUT2D eigenvalue weighted by Gasteiger charge is 2.18. The minimum absolute atomic E-state index is 0.109. The number of rotatable bonds is 4. The van der Waals surface area contributed by atoms with E-state index < -0.39 is 5.97 Å². The number of nitrogens with one attached hydrogen (secondary N) is 1. The molecule has 3 aromatic rings. The first kappa shape index (κ1) is 13.5. The number of anilines is 1. The first-order valence-corrected chi connectivity index (χ1v) is 6.72. The maximum Gasteiger partial charge on any atom is 0.356 e. The largest absolute Gasteiger partial charge is 0.476 e. The topological polar surface area (TPSA) is 66.6 Å². The Morgan fingerprint density at radius 1 is 1.24 bits per heavy atom. The summed E-state index contributed by atoms with van der Waals surface area (Å²) in [4.78, 5) is 15.8. The lowest BCUT2D eigenvalue weighted by Crippen LogP contribution is -2.08. The summed E-state index contributed by atoms with van der Waals surface area (Å²) in [5.74, 6) is -0.705. The molecule has 0 saturated carbocycles. The predicted octanol–water partition coefficient (Wildman–Crippen LogP) is 3.30. The monoisotopic (exact) mass is 301 g/mol. The van der Waals surface area contributed by atoms with E-state index in [4.69, 9.17) is 11.6 Å². The molecule has 0 bridgehead atoms. The molecule has 0 atom stereocenters. The molecular weight excluding hydrogens is 290 g/mol. The fraction of sp³-hybridized carbons (Fsp3) is 0.0667. The minimum atomic E-state index is -1.03. The Kier molecular flexibility index (Phi) is 3.50. The van der Waals surface area contributed by atoms with Crippen LogP contribution in [0.2, 0.25) is 5.02 Å². The van der Waals surface area contributed by atoms with Crippen LogP contribution < -0.4 is 5.32 Å². The van der Waals surface area contributed by atoms with Crippen LogP contribution in [0.5, 0.6) is 0 Å². The van der Waals surface area contributed by atoms with E-state index in [2.05, 4.69) is 10.3 Å². The van der Waals surface area contributed by atoms with Gasteiger partial charge in [0.05, 0.1) is 0 Å². The van der Waals surface area contributed by atoms with Gasteiger partial charge in [-0.1, -0.05) is 35.9 Å². The number of aromatic nitrogens is 2. The van der Waals surface area contributed by atoms with Crippen LogP contribution in [0.3, 0.4) is 0 Å². The van der Waals surface area contributed by atoms with Crippen LogP contribution in [0.1, 0.15) is 16.1 Å². The van der Waals surface area contributed by atoms with Gasteiger partial charge in [-0.25, -0.2) is 9.78 Å². The van der Waals surface area contributed by atoms with Crippen molar-refractivity contribution < 1.29 is 9.90 Å². The molecule has 21 heavy (non-hydrogen) atoms. The summed E-state index contributed by atoms with van der Waals surface area (Å²) in [6.45, 7) is 0.407. The van der Waals surface area contributed by atoms with Gasteiger partial charge in [0, 0.05) is 17.8 Å². The van der Waals surface area contributed by atoms with Gasteiger partial charge in [0.2, 0.25) is 0 Å². The number of carboxylic acids is 1. The van der Waals surface area contributed by atoms with Gasteiger partial charge < -0.3 is 10.4 Å². The van der Waals surface area contributed by atoms with Crippen LogP contribution >= 0.6 is 11.6 Å². The van der Waals surface area contributed by atoms with Crippen LogP contribution in [-0.2, 0) is 6.54 Å². The van der Waals surface area contributed by atoms with Crippen molar-refractivity contribution >= 4 is 29.0 Å². The van der Waals surface area contributed by atoms with Crippen molar-refractivity contribution in [2.75, 3.05) is 5.32 Å². The summed E-state index contributed by atoms with van der Waals surface area (Å²) in [6, 6.07) is 12.7. The van der Waals surface area contributed by atoms with Gasteiger partial charge in [0.1, 0.15) is 5.65 Å². The van der Waals surface area contributed by atoms with Gasteiger partial charge in [-0.2, -0.15) is 0 Å². The molecule has 0 radical (unpaired) electrons. The van der Waals surface area contributed by atoms with Crippen LogP contribution in [0.25, 0.3) is 5.65 Å². The van der Waals surface area contributed by atoms with Gasteiger partial charge in [0.15, 0.2) is 11.5 Å². The number of pyridine rings is 1. The van der Waals surface area contributed by atoms with E-state index >= 15 is 0 Å². The summed E-state index contributed by atoms with van der Waals surface area (Å²) in [5.41, 5.74) is 1.57. The van der Waals surface area contributed by atoms with Crippen LogP contribution in [0.15, 0.2) is 48.7 Å². The number of nitrogens with zero attached hydrogens (tertiary/aromatic N) is 2. The van der Waals surface area contributed by atoms with E-state index in [1.807, 2.05) is 24.3 Å². The van der Waals surface area contributed by atoms with E-state index in [1.54, 1.807) is 24.4 Å². The number of carboxylic acid groups (broad SMARTS) is 1. The third-order valence-corrected chi connectivity index (χ3v) is 3.51. The first-order chi connectivity index (χ1) is 10.2. The lowest BCUT2D eigenvalue weighted by Gasteiger charge is -2.06. The summed E-state index contributed by atoms with van der Waals surface area (Å²) in [5, 5.41) is 13.1. The summed E-state index contributed by atoms with van der Waals surface area (Å²) < 4.78 is 1.54. The fourth-order valence-electron chi connectivity index (χ4n) is 2.14. The molecule has 0 aliphatic carbocycles. The quantitative estimate of drug-likeness (QED) is 0.776. The Labute approximate surface area is 125 Å². The minimum Gasteiger partial charge on any atom is -0.476 e. The van der Waals surface area contributed by atoms with Crippen molar-refractivity contribution in [2.45, 2.75) is 6.54 Å². The average Bonchev–Trinajstić information content (AvgIpc) is 2.85. The third kappa shape index (κ3) is 2.55. The molecule has 3 rings (SSSR count). The molecular formula is C15H12ClN3O2. The number of fused-ring (bicyclic) bond motifs is 1. The maximum absolute atomic E-state index is 11.4. The van der Waals surface area contributed by atoms with Gasteiger partial charge in [0.25, 0.3) is 0 Å². The Morgan fingerprint density at radius 3 is 2.76 bits per heavy atom. The number of benzene rings is 1. The highest BCUT2D eigenvalue weighted by molar-refractivity contribution is 6.31. The van der Waals surface area contributed by atoms with Crippen LogP contribution in [-0.4, -0.2) is 20.5 Å². The molecule has 0 fully saturated rings. The smallest absolute Gasteiger partial charge is 0.356 e. The van der Waals surface area contributed by atoms with Gasteiger partial charge >= 0.3 is 5.97 Å². The number of imidazole rings is 1. The molecule has 5 nitrogen and oxygen atoms in total. The molecule has 2 aromatic heterocycles. The standard InChI is InChI=1S/C15H12ClN3O2/c16-11-6-2-1-5-10(11)9-17-14-13(15(20)21)19-8-4-3-7-12(19)18-14/h1-8,17H,9H2,(H,20,21). The van der Waals surface area contributed by atoms with E-state index in [9.17, 15) is 9.90 Å². The van der Waals surface area contributed by atoms with Crippen molar-refractivity contribution in [1.29, 1.82) is 0 Å². The first-order valence-electron chi connectivity index (χ1n) is 6.34. The molecule has 0 aliphatic rings. The maximum atomic E-state index is 11.4. The fourth-order valence-corrected chi connectivity index (χ4v) is 2.35. The molecule has 0 unspecified atom stereocenters. The molecule has 0 saturated heterocycles. The molecule has 106 valence electrons. The summed E-state index contributed by atoms with van der Waals surface area (Å²) in [6.07, 6.45) is 1.67. The Bertz CT molecular complexity index is 814. The average molecular weight is 302 g/mol. The molecule has 2 N–H and O–H groups in total. The number of aromatic carboxylic acids is 1. The van der Waals surface area contributed by atoms with Crippen molar-refractivity contribution in [1.82, 2.24) is 9.38 Å². The van der Waals surface area contributed by atoms with E-state index in [0.717, 1.165) is 5.56 Å². The molecule has 6 heteroatoms. The van der Waals surface area contributed by atoms with Crippen molar-refractivity contribution in [3.63, 3.8) is 0 Å². The molecule has 2 heterocycles. The van der Waals surface area contributed by atoms with Gasteiger partial charge in [-0.3, -0.25) is 4.40 Å². The van der Waals surface area contributed by atoms with Crippen molar-refractivity contribution in [3.05, 3.63) is 64.9 Å². The number of hydrogen-bond donors (Lipinski definition) is 2. The van der Waals surface area contributed by atoms with Crippen molar-refractivity contribution in [2.24, 2.45) is 0 Å². The lowest BCUT2D eigenvalue weighted by atomic mass is 10.2. The Morgan fingerprint density at radius 2 is 2.00 bits per heavy atom. The lowest BCUT2D eigenvalue weighted by molar-refractivity contribution is 0.0690. The van der Waals surface area contributed by atoms with Gasteiger partial charge in [-0.15, -0.1) is 0 Å². The van der Waals surface area contributed by atoms with Crippen molar-refractivity contribution in [3.8, 4) is 0 Å². The Balaban J connectivity index is 1.95. The SMILES string of the molecule is O=C(O)c1c(NCc2ccccc2Cl)nc2ccccn12. The molecule has 1 aromatic carbocycles. The zero-order valence-electron chi connectivity index (χ0n) is 11.0. The second-order valence-electron chi connectivity index (χ2n) is 4.49. The highest BCUT2D eigenvalue weighted by atomic mass is 35.5. The van der Waals surface area contributed by atoms with Crippen LogP contribution in [0, 0.1) is 0 Å². The molecule has 0 spiro atoms. The van der Waals surface area contributed by atoms with E-state index in [-0.39, 0.29) is 5.69 Å². The number of halogens is 1. The number of carbonyl (C=O) groups is 1. The number of hydrogen-bond acceptors (Lipinski definition) is 3. The van der Waals surface area contributed by atoms with Gasteiger partial charge in [-0.05, 0) is 23.8 Å². The normalized spacial score (nSPS) is 10.7. The zero-order chi connectivity index (χ0) is 14.8. The second-order valence-corrected chi connectivity index (χ2v) is 4.90. The summed E-state index contributed by atoms with van der Waals surface area (Å²) in [7, 11) is 0.